The maximum absolute atomic E-state index is 11.6. The van der Waals surface area contributed by atoms with Gasteiger partial charge >= 0.3 is 5.97 Å². The average Bonchev–Trinajstić information content (AvgIpc) is 2.42. The van der Waals surface area contributed by atoms with Crippen LogP contribution in [0.3, 0.4) is 0 Å². The molecule has 1 fully saturated rings. The van der Waals surface area contributed by atoms with Crippen molar-refractivity contribution >= 4 is 5.97 Å². The van der Waals surface area contributed by atoms with Gasteiger partial charge in [-0.1, -0.05) is 18.2 Å². The fourth-order valence-electron chi connectivity index (χ4n) is 2.72. The Labute approximate surface area is 115 Å². The molecule has 0 bridgehead atoms. The lowest BCUT2D eigenvalue weighted by atomic mass is 9.97. The summed E-state index contributed by atoms with van der Waals surface area (Å²) in [6, 6.07) is 6.60. The van der Waals surface area contributed by atoms with Gasteiger partial charge < -0.3 is 4.74 Å². The number of esters is 1. The van der Waals surface area contributed by atoms with Crippen LogP contribution in [0.5, 0.6) is 0 Å². The molecule has 3 heteroatoms. The molecule has 0 spiro atoms. The Morgan fingerprint density at radius 2 is 2.16 bits per heavy atom. The van der Waals surface area contributed by atoms with Crippen LogP contribution in [0.4, 0.5) is 0 Å². The summed E-state index contributed by atoms with van der Waals surface area (Å²) in [5.74, 6) is -0.0184. The summed E-state index contributed by atoms with van der Waals surface area (Å²) in [7, 11) is 1.48. The third-order valence-corrected chi connectivity index (χ3v) is 4.02. The Bertz CT molecular complexity index is 456. The molecule has 1 aliphatic heterocycles. The standard InChI is InChI=1S/C16H23NO2/c1-12-6-7-14(9-13(12)2)10-17-8-4-5-15(11-17)16(18)19-3/h6-7,9,15H,4-5,8,10-11H2,1-3H3/t15-/m0/s1. The number of likely N-dealkylation sites (tertiary alicyclic amines) is 1. The summed E-state index contributed by atoms with van der Waals surface area (Å²) < 4.78 is 4.86. The number of ether oxygens (including phenoxy) is 1. The van der Waals surface area contributed by atoms with Crippen LogP contribution in [-0.4, -0.2) is 31.1 Å². The zero-order valence-electron chi connectivity index (χ0n) is 12.1. The Morgan fingerprint density at radius 1 is 1.37 bits per heavy atom. The van der Waals surface area contributed by atoms with Crippen molar-refractivity contribution in [3.63, 3.8) is 0 Å². The second-order valence-corrected chi connectivity index (χ2v) is 5.52. The largest absolute Gasteiger partial charge is 0.469 e. The van der Waals surface area contributed by atoms with E-state index in [9.17, 15) is 4.79 Å². The first-order chi connectivity index (χ1) is 9.10. The van der Waals surface area contributed by atoms with Crippen LogP contribution in [0.15, 0.2) is 18.2 Å². The van der Waals surface area contributed by atoms with Crippen LogP contribution in [0.2, 0.25) is 0 Å². The normalized spacial score (nSPS) is 20.3. The number of piperidine rings is 1. The first-order valence-electron chi connectivity index (χ1n) is 6.96. The van der Waals surface area contributed by atoms with Gasteiger partial charge in [-0.2, -0.15) is 0 Å². The third-order valence-electron chi connectivity index (χ3n) is 4.02. The fraction of sp³-hybridized carbons (Fsp3) is 0.562. The smallest absolute Gasteiger partial charge is 0.309 e. The predicted octanol–water partition coefficient (Wildman–Crippen LogP) is 2.69. The first kappa shape index (κ1) is 14.1. The van der Waals surface area contributed by atoms with E-state index in [1.165, 1.54) is 23.8 Å². The van der Waals surface area contributed by atoms with Gasteiger partial charge in [-0.05, 0) is 49.9 Å². The van der Waals surface area contributed by atoms with Gasteiger partial charge in [0.25, 0.3) is 0 Å². The van der Waals surface area contributed by atoms with Gasteiger partial charge in [0.15, 0.2) is 0 Å². The molecule has 104 valence electrons. The van der Waals surface area contributed by atoms with Gasteiger partial charge in [0.05, 0.1) is 13.0 Å². The van der Waals surface area contributed by atoms with Crippen molar-refractivity contribution in [2.45, 2.75) is 33.2 Å². The van der Waals surface area contributed by atoms with E-state index in [2.05, 4.69) is 36.9 Å². The van der Waals surface area contributed by atoms with Crippen molar-refractivity contribution in [1.29, 1.82) is 0 Å². The number of carbonyl (C=O) groups excluding carboxylic acids is 1. The van der Waals surface area contributed by atoms with E-state index in [-0.39, 0.29) is 11.9 Å². The lowest BCUT2D eigenvalue weighted by molar-refractivity contribution is -0.147. The van der Waals surface area contributed by atoms with Crippen LogP contribution < -0.4 is 0 Å². The number of rotatable bonds is 3. The highest BCUT2D eigenvalue weighted by Crippen LogP contribution is 2.20. The molecule has 1 aromatic rings. The van der Waals surface area contributed by atoms with Crippen LogP contribution >= 0.6 is 0 Å². The SMILES string of the molecule is COC(=O)[C@H]1CCCN(Cc2ccc(C)c(C)c2)C1. The number of aryl methyl sites for hydroxylation is 2. The first-order valence-corrected chi connectivity index (χ1v) is 6.96. The zero-order chi connectivity index (χ0) is 13.8. The Morgan fingerprint density at radius 3 is 2.84 bits per heavy atom. The Hall–Kier alpha value is -1.35. The van der Waals surface area contributed by atoms with Gasteiger partial charge in [-0.15, -0.1) is 0 Å². The second-order valence-electron chi connectivity index (χ2n) is 5.52. The lowest BCUT2D eigenvalue weighted by Gasteiger charge is -2.31. The summed E-state index contributed by atoms with van der Waals surface area (Å²) >= 11 is 0. The van der Waals surface area contributed by atoms with E-state index >= 15 is 0 Å². The molecule has 0 unspecified atom stereocenters. The molecule has 1 aromatic carbocycles. The fourth-order valence-corrected chi connectivity index (χ4v) is 2.72. The molecule has 1 heterocycles. The number of methoxy groups -OCH3 is 1. The number of benzene rings is 1. The van der Waals surface area contributed by atoms with Crippen molar-refractivity contribution in [2.24, 2.45) is 5.92 Å². The van der Waals surface area contributed by atoms with E-state index in [0.717, 1.165) is 32.5 Å². The number of hydrogen-bond acceptors (Lipinski definition) is 3. The topological polar surface area (TPSA) is 29.5 Å². The summed E-state index contributed by atoms with van der Waals surface area (Å²) in [4.78, 5) is 14.0. The van der Waals surface area contributed by atoms with Crippen molar-refractivity contribution in [2.75, 3.05) is 20.2 Å². The van der Waals surface area contributed by atoms with E-state index in [1.54, 1.807) is 0 Å². The molecule has 2 rings (SSSR count). The zero-order valence-corrected chi connectivity index (χ0v) is 12.1. The maximum Gasteiger partial charge on any atom is 0.309 e. The minimum Gasteiger partial charge on any atom is -0.469 e. The van der Waals surface area contributed by atoms with Crippen molar-refractivity contribution in [1.82, 2.24) is 4.90 Å². The van der Waals surface area contributed by atoms with Gasteiger partial charge in [0.1, 0.15) is 0 Å². The van der Waals surface area contributed by atoms with Crippen molar-refractivity contribution < 1.29 is 9.53 Å². The Balaban J connectivity index is 1.98. The minimum atomic E-state index is -0.0650. The molecule has 0 amide bonds. The van der Waals surface area contributed by atoms with Gasteiger partial charge in [-0.3, -0.25) is 9.69 Å². The molecule has 1 saturated heterocycles. The number of hydrogen-bond donors (Lipinski definition) is 0. The maximum atomic E-state index is 11.6. The van der Waals surface area contributed by atoms with Gasteiger partial charge in [0.2, 0.25) is 0 Å². The number of nitrogens with zero attached hydrogens (tertiary/aromatic N) is 1. The minimum absolute atomic E-state index is 0.0466. The van der Waals surface area contributed by atoms with Crippen molar-refractivity contribution in [3.05, 3.63) is 34.9 Å². The second kappa shape index (κ2) is 6.20. The molecule has 0 N–H and O–H groups in total. The van der Waals surface area contributed by atoms with E-state index in [0.29, 0.717) is 0 Å². The highest BCUT2D eigenvalue weighted by atomic mass is 16.5. The van der Waals surface area contributed by atoms with Crippen LogP contribution in [0.1, 0.15) is 29.5 Å². The molecular weight excluding hydrogens is 238 g/mol. The molecule has 0 radical (unpaired) electrons. The quantitative estimate of drug-likeness (QED) is 0.784. The third kappa shape index (κ3) is 3.57. The molecule has 1 atom stereocenters. The van der Waals surface area contributed by atoms with Crippen molar-refractivity contribution in [3.8, 4) is 0 Å². The van der Waals surface area contributed by atoms with E-state index in [4.69, 9.17) is 4.74 Å². The van der Waals surface area contributed by atoms with Gasteiger partial charge in [0, 0.05) is 13.1 Å². The molecule has 19 heavy (non-hydrogen) atoms. The highest BCUT2D eigenvalue weighted by molar-refractivity contribution is 5.72. The van der Waals surface area contributed by atoms with E-state index in [1.807, 2.05) is 0 Å². The van der Waals surface area contributed by atoms with E-state index < -0.39 is 0 Å². The summed E-state index contributed by atoms with van der Waals surface area (Å²) in [6.07, 6.45) is 2.03. The lowest BCUT2D eigenvalue weighted by Crippen LogP contribution is -2.38. The molecule has 1 aliphatic rings. The van der Waals surface area contributed by atoms with Crippen LogP contribution in [0, 0.1) is 19.8 Å². The highest BCUT2D eigenvalue weighted by Gasteiger charge is 2.26. The predicted molar refractivity (Wildman–Crippen MR) is 75.9 cm³/mol. The summed E-state index contributed by atoms with van der Waals surface area (Å²) in [5, 5.41) is 0. The molecular formula is C16H23NO2. The number of carbonyl (C=O) groups is 1. The molecule has 0 aromatic heterocycles. The average molecular weight is 261 g/mol. The Kier molecular flexibility index (Phi) is 4.59. The summed E-state index contributed by atoms with van der Waals surface area (Å²) in [6.45, 7) is 7.09. The summed E-state index contributed by atoms with van der Waals surface area (Å²) in [5.41, 5.74) is 3.99. The molecule has 3 nitrogen and oxygen atoms in total. The van der Waals surface area contributed by atoms with Crippen LogP contribution in [-0.2, 0) is 16.1 Å². The molecule has 0 saturated carbocycles. The van der Waals surface area contributed by atoms with Gasteiger partial charge in [-0.25, -0.2) is 0 Å². The van der Waals surface area contributed by atoms with Crippen LogP contribution in [0.25, 0.3) is 0 Å². The molecule has 0 aliphatic carbocycles. The monoisotopic (exact) mass is 261 g/mol.